The molecule has 2 nitrogen and oxygen atoms in total. The molecule has 0 aliphatic heterocycles. The van der Waals surface area contributed by atoms with E-state index >= 15 is 0 Å². The zero-order valence-corrected chi connectivity index (χ0v) is 12.6. The molecule has 0 amide bonds. The van der Waals surface area contributed by atoms with Crippen molar-refractivity contribution in [3.05, 3.63) is 34.3 Å². The number of hydrogen-bond donors (Lipinski definition) is 1. The first-order valence-electron chi connectivity index (χ1n) is 6.89. The van der Waals surface area contributed by atoms with Crippen LogP contribution in [0.4, 0.5) is 0 Å². The predicted octanol–water partition coefficient (Wildman–Crippen LogP) is 3.75. The first-order valence-corrected chi connectivity index (χ1v) is 7.68. The molecule has 1 aliphatic carbocycles. The second kappa shape index (κ2) is 6.69. The lowest BCUT2D eigenvalue weighted by atomic mass is 10.1. The third-order valence-electron chi connectivity index (χ3n) is 3.53. The maximum atomic E-state index is 10.3. The molecule has 1 aromatic carbocycles. The lowest BCUT2D eigenvalue weighted by molar-refractivity contribution is 0.138. The van der Waals surface area contributed by atoms with Gasteiger partial charge in [0.05, 0.1) is 6.10 Å². The fourth-order valence-corrected chi connectivity index (χ4v) is 2.94. The van der Waals surface area contributed by atoms with Gasteiger partial charge in [0, 0.05) is 17.1 Å². The molecule has 1 aliphatic rings. The zero-order chi connectivity index (χ0) is 13.0. The summed E-state index contributed by atoms with van der Waals surface area (Å²) in [5.74, 6) is 0. The van der Waals surface area contributed by atoms with E-state index in [9.17, 15) is 5.11 Å². The first kappa shape index (κ1) is 14.0. The lowest BCUT2D eigenvalue weighted by Crippen LogP contribution is -2.29. The van der Waals surface area contributed by atoms with E-state index in [0.717, 1.165) is 35.6 Å². The molecule has 0 radical (unpaired) electrons. The van der Waals surface area contributed by atoms with Crippen LogP contribution in [0.25, 0.3) is 0 Å². The number of rotatable bonds is 7. The molecule has 1 fully saturated rings. The molecular formula is C15H22BrNO. The fraction of sp³-hybridized carbons (Fsp3) is 0.600. The smallest absolute Gasteiger partial charge is 0.0813 e. The Bertz CT molecular complexity index is 379. The highest BCUT2D eigenvalue weighted by molar-refractivity contribution is 9.10. The van der Waals surface area contributed by atoms with E-state index in [2.05, 4.69) is 27.8 Å². The van der Waals surface area contributed by atoms with E-state index in [1.165, 1.54) is 19.3 Å². The largest absolute Gasteiger partial charge is 0.388 e. The average molecular weight is 312 g/mol. The second-order valence-electron chi connectivity index (χ2n) is 5.09. The molecule has 0 bridgehead atoms. The van der Waals surface area contributed by atoms with E-state index < -0.39 is 0 Å². The Hall–Kier alpha value is -0.380. The summed E-state index contributed by atoms with van der Waals surface area (Å²) in [5, 5.41) is 10.3. The molecule has 2 rings (SSSR count). The van der Waals surface area contributed by atoms with Crippen molar-refractivity contribution in [2.75, 3.05) is 13.1 Å². The van der Waals surface area contributed by atoms with Crippen molar-refractivity contribution in [2.24, 2.45) is 0 Å². The van der Waals surface area contributed by atoms with Crippen LogP contribution in [-0.2, 0) is 0 Å². The van der Waals surface area contributed by atoms with Crippen molar-refractivity contribution in [3.63, 3.8) is 0 Å². The number of nitrogens with zero attached hydrogens (tertiary/aromatic N) is 1. The molecule has 0 heterocycles. The van der Waals surface area contributed by atoms with Crippen LogP contribution in [0.15, 0.2) is 28.7 Å². The van der Waals surface area contributed by atoms with Crippen LogP contribution in [0.1, 0.15) is 44.3 Å². The minimum Gasteiger partial charge on any atom is -0.388 e. The van der Waals surface area contributed by atoms with Gasteiger partial charge in [0.15, 0.2) is 0 Å². The van der Waals surface area contributed by atoms with Crippen LogP contribution in [0.2, 0.25) is 0 Å². The van der Waals surface area contributed by atoms with Crippen molar-refractivity contribution in [2.45, 2.75) is 44.8 Å². The van der Waals surface area contributed by atoms with Gasteiger partial charge in [0.2, 0.25) is 0 Å². The number of halogens is 1. The van der Waals surface area contributed by atoms with Gasteiger partial charge < -0.3 is 10.0 Å². The third-order valence-corrected chi connectivity index (χ3v) is 4.25. The highest BCUT2D eigenvalue weighted by atomic mass is 79.9. The zero-order valence-electron chi connectivity index (χ0n) is 11.0. The summed E-state index contributed by atoms with van der Waals surface area (Å²) in [5.41, 5.74) is 1.00. The Morgan fingerprint density at radius 2 is 2.06 bits per heavy atom. The summed E-state index contributed by atoms with van der Waals surface area (Å²) < 4.78 is 1.01. The Morgan fingerprint density at radius 1 is 1.33 bits per heavy atom. The van der Waals surface area contributed by atoms with E-state index in [1.807, 2.05) is 24.3 Å². The van der Waals surface area contributed by atoms with Crippen molar-refractivity contribution >= 4 is 15.9 Å². The maximum Gasteiger partial charge on any atom is 0.0813 e. The highest BCUT2D eigenvalue weighted by Crippen LogP contribution is 2.29. The summed E-state index contributed by atoms with van der Waals surface area (Å²) in [6.45, 7) is 4.38. The molecular weight excluding hydrogens is 290 g/mol. The van der Waals surface area contributed by atoms with Crippen molar-refractivity contribution in [1.29, 1.82) is 0 Å². The number of benzene rings is 1. The van der Waals surface area contributed by atoms with E-state index in [-0.39, 0.29) is 6.10 Å². The van der Waals surface area contributed by atoms with Gasteiger partial charge in [-0.25, -0.2) is 0 Å². The monoisotopic (exact) mass is 311 g/mol. The van der Waals surface area contributed by atoms with Gasteiger partial charge in [0.25, 0.3) is 0 Å². The SMILES string of the molecule is CCCN(CCC(O)c1ccccc1Br)C1CC1. The van der Waals surface area contributed by atoms with Crippen LogP contribution in [0.5, 0.6) is 0 Å². The molecule has 1 saturated carbocycles. The molecule has 3 heteroatoms. The van der Waals surface area contributed by atoms with Crippen LogP contribution in [-0.4, -0.2) is 29.1 Å². The third kappa shape index (κ3) is 3.81. The first-order chi connectivity index (χ1) is 8.72. The summed E-state index contributed by atoms with van der Waals surface area (Å²) >= 11 is 3.50. The summed E-state index contributed by atoms with van der Waals surface area (Å²) in [7, 11) is 0. The number of aliphatic hydroxyl groups is 1. The van der Waals surface area contributed by atoms with Gasteiger partial charge in [-0.1, -0.05) is 41.1 Å². The van der Waals surface area contributed by atoms with Gasteiger partial charge in [-0.15, -0.1) is 0 Å². The van der Waals surface area contributed by atoms with Crippen molar-refractivity contribution in [3.8, 4) is 0 Å². The van der Waals surface area contributed by atoms with Gasteiger partial charge in [0.1, 0.15) is 0 Å². The number of aliphatic hydroxyl groups excluding tert-OH is 1. The van der Waals surface area contributed by atoms with Crippen LogP contribution in [0.3, 0.4) is 0 Å². The lowest BCUT2D eigenvalue weighted by Gasteiger charge is -2.23. The molecule has 18 heavy (non-hydrogen) atoms. The van der Waals surface area contributed by atoms with E-state index in [0.29, 0.717) is 0 Å². The van der Waals surface area contributed by atoms with Crippen LogP contribution < -0.4 is 0 Å². The Balaban J connectivity index is 1.87. The van der Waals surface area contributed by atoms with Gasteiger partial charge in [-0.3, -0.25) is 0 Å². The van der Waals surface area contributed by atoms with Crippen molar-refractivity contribution in [1.82, 2.24) is 4.90 Å². The fourth-order valence-electron chi connectivity index (χ4n) is 2.39. The minimum atomic E-state index is -0.362. The molecule has 1 atom stereocenters. The second-order valence-corrected chi connectivity index (χ2v) is 5.95. The summed E-state index contributed by atoms with van der Waals surface area (Å²) in [4.78, 5) is 2.53. The maximum absolute atomic E-state index is 10.3. The van der Waals surface area contributed by atoms with Gasteiger partial charge in [-0.05, 0) is 43.9 Å². The molecule has 1 aromatic rings. The normalized spacial score (nSPS) is 17.1. The van der Waals surface area contributed by atoms with Crippen molar-refractivity contribution < 1.29 is 5.11 Å². The summed E-state index contributed by atoms with van der Waals surface area (Å²) in [6.07, 6.45) is 4.33. The molecule has 1 N–H and O–H groups in total. The van der Waals surface area contributed by atoms with Gasteiger partial charge in [-0.2, -0.15) is 0 Å². The Morgan fingerprint density at radius 3 is 2.67 bits per heavy atom. The molecule has 0 aromatic heterocycles. The van der Waals surface area contributed by atoms with E-state index in [1.54, 1.807) is 0 Å². The standard InChI is InChI=1S/C15H22BrNO/c1-2-10-17(12-7-8-12)11-9-15(18)13-5-3-4-6-14(13)16/h3-6,12,15,18H,2,7-11H2,1H3. The molecule has 100 valence electrons. The quantitative estimate of drug-likeness (QED) is 0.829. The molecule has 0 spiro atoms. The highest BCUT2D eigenvalue weighted by Gasteiger charge is 2.28. The van der Waals surface area contributed by atoms with Crippen LogP contribution >= 0.6 is 15.9 Å². The minimum absolute atomic E-state index is 0.362. The molecule has 0 saturated heterocycles. The summed E-state index contributed by atoms with van der Waals surface area (Å²) in [6, 6.07) is 8.73. The predicted molar refractivity (Wildman–Crippen MR) is 78.6 cm³/mol. The Labute approximate surface area is 118 Å². The average Bonchev–Trinajstić information content (AvgIpc) is 3.19. The number of hydrogen-bond acceptors (Lipinski definition) is 2. The topological polar surface area (TPSA) is 23.5 Å². The van der Waals surface area contributed by atoms with Crippen LogP contribution in [0, 0.1) is 0 Å². The van der Waals surface area contributed by atoms with E-state index in [4.69, 9.17) is 0 Å². The van der Waals surface area contributed by atoms with Gasteiger partial charge >= 0.3 is 0 Å². The Kier molecular flexibility index (Phi) is 5.22. The molecule has 1 unspecified atom stereocenters.